The van der Waals surface area contributed by atoms with Crippen LogP contribution in [0.2, 0.25) is 0 Å². The number of carbonyl (C=O) groups is 1. The van der Waals surface area contributed by atoms with E-state index in [2.05, 4.69) is 14.8 Å². The SMILES string of the molecule is CN(Cc1ccc(OC(F)F)cc1)C(=O)Nc1cccc(OC(F)(F)F)c1. The highest BCUT2D eigenvalue weighted by atomic mass is 19.4. The molecule has 5 nitrogen and oxygen atoms in total. The Labute approximate surface area is 151 Å². The number of anilines is 1. The Morgan fingerprint density at radius 1 is 1.11 bits per heavy atom. The minimum atomic E-state index is -4.83. The molecule has 0 aliphatic heterocycles. The molecule has 0 aliphatic rings. The van der Waals surface area contributed by atoms with Crippen LogP contribution in [-0.2, 0) is 6.54 Å². The maximum Gasteiger partial charge on any atom is 0.573 e. The molecular weight excluding hydrogens is 375 g/mol. The average Bonchev–Trinajstić information content (AvgIpc) is 2.55. The van der Waals surface area contributed by atoms with Crippen LogP contribution >= 0.6 is 0 Å². The topological polar surface area (TPSA) is 50.8 Å². The van der Waals surface area contributed by atoms with E-state index in [1.807, 2.05) is 0 Å². The molecule has 146 valence electrons. The van der Waals surface area contributed by atoms with Crippen LogP contribution < -0.4 is 14.8 Å². The van der Waals surface area contributed by atoms with E-state index >= 15 is 0 Å². The lowest BCUT2D eigenvalue weighted by molar-refractivity contribution is -0.274. The van der Waals surface area contributed by atoms with Crippen molar-refractivity contribution < 1.29 is 36.2 Å². The van der Waals surface area contributed by atoms with E-state index in [1.54, 1.807) is 0 Å². The molecule has 0 aliphatic carbocycles. The summed E-state index contributed by atoms with van der Waals surface area (Å²) in [5.74, 6) is -0.472. The molecule has 0 spiro atoms. The highest BCUT2D eigenvalue weighted by Gasteiger charge is 2.31. The van der Waals surface area contributed by atoms with Crippen molar-refractivity contribution in [1.29, 1.82) is 0 Å². The number of amides is 2. The van der Waals surface area contributed by atoms with Gasteiger partial charge < -0.3 is 19.7 Å². The van der Waals surface area contributed by atoms with Gasteiger partial charge in [0.25, 0.3) is 0 Å². The summed E-state index contributed by atoms with van der Waals surface area (Å²) < 4.78 is 68.9. The Hall–Kier alpha value is -3.04. The van der Waals surface area contributed by atoms with E-state index in [0.29, 0.717) is 5.56 Å². The normalized spacial score (nSPS) is 11.2. The Bertz CT molecular complexity index is 766. The zero-order valence-electron chi connectivity index (χ0n) is 14.0. The zero-order chi connectivity index (χ0) is 20.0. The van der Waals surface area contributed by atoms with Crippen LogP contribution in [0.5, 0.6) is 11.5 Å². The molecule has 1 N–H and O–H groups in total. The lowest BCUT2D eigenvalue weighted by Crippen LogP contribution is -2.30. The van der Waals surface area contributed by atoms with Crippen LogP contribution in [0.3, 0.4) is 0 Å². The number of halogens is 5. The Kier molecular flexibility index (Phi) is 6.43. The zero-order valence-corrected chi connectivity index (χ0v) is 14.0. The van der Waals surface area contributed by atoms with Crippen molar-refractivity contribution in [2.75, 3.05) is 12.4 Å². The highest BCUT2D eigenvalue weighted by molar-refractivity contribution is 5.89. The van der Waals surface area contributed by atoms with Crippen LogP contribution in [0.25, 0.3) is 0 Å². The summed E-state index contributed by atoms with van der Waals surface area (Å²) in [5, 5.41) is 2.44. The van der Waals surface area contributed by atoms with E-state index < -0.39 is 24.8 Å². The predicted molar refractivity (Wildman–Crippen MR) is 86.7 cm³/mol. The maximum absolute atomic E-state index is 12.2. The summed E-state index contributed by atoms with van der Waals surface area (Å²) in [6.07, 6.45) is -4.83. The van der Waals surface area contributed by atoms with E-state index in [-0.39, 0.29) is 18.0 Å². The third-order valence-corrected chi connectivity index (χ3v) is 3.23. The van der Waals surface area contributed by atoms with Crippen molar-refractivity contribution in [2.45, 2.75) is 19.5 Å². The van der Waals surface area contributed by atoms with Gasteiger partial charge in [-0.25, -0.2) is 4.79 Å². The first-order valence-corrected chi connectivity index (χ1v) is 7.54. The molecule has 0 aromatic heterocycles. The van der Waals surface area contributed by atoms with Crippen LogP contribution in [-0.4, -0.2) is 31.0 Å². The third kappa shape index (κ3) is 7.00. The first-order valence-electron chi connectivity index (χ1n) is 7.54. The molecule has 2 aromatic carbocycles. The number of hydrogen-bond donors (Lipinski definition) is 1. The number of rotatable bonds is 6. The van der Waals surface area contributed by atoms with Crippen LogP contribution in [0.15, 0.2) is 48.5 Å². The van der Waals surface area contributed by atoms with Gasteiger partial charge in [-0.1, -0.05) is 18.2 Å². The molecule has 0 heterocycles. The molecule has 2 aromatic rings. The number of ether oxygens (including phenoxy) is 2. The fraction of sp³-hybridized carbons (Fsp3) is 0.235. The summed E-state index contributed by atoms with van der Waals surface area (Å²) in [7, 11) is 1.47. The summed E-state index contributed by atoms with van der Waals surface area (Å²) in [5.41, 5.74) is 0.762. The van der Waals surface area contributed by atoms with Gasteiger partial charge in [0.15, 0.2) is 0 Å². The van der Waals surface area contributed by atoms with Crippen molar-refractivity contribution >= 4 is 11.7 Å². The molecule has 0 unspecified atom stereocenters. The largest absolute Gasteiger partial charge is 0.573 e. The van der Waals surface area contributed by atoms with Crippen molar-refractivity contribution in [3.05, 3.63) is 54.1 Å². The molecule has 0 saturated carbocycles. The molecule has 0 saturated heterocycles. The predicted octanol–water partition coefficient (Wildman–Crippen LogP) is 4.85. The van der Waals surface area contributed by atoms with Gasteiger partial charge in [0.2, 0.25) is 0 Å². The second kappa shape index (κ2) is 8.56. The molecule has 2 rings (SSSR count). The molecule has 27 heavy (non-hydrogen) atoms. The van der Waals surface area contributed by atoms with E-state index in [0.717, 1.165) is 12.1 Å². The lowest BCUT2D eigenvalue weighted by atomic mass is 10.2. The second-order valence-electron chi connectivity index (χ2n) is 5.38. The van der Waals surface area contributed by atoms with Crippen molar-refractivity contribution in [1.82, 2.24) is 4.90 Å². The van der Waals surface area contributed by atoms with Gasteiger partial charge in [0, 0.05) is 25.3 Å². The molecular formula is C17H15F5N2O3. The molecule has 0 fully saturated rings. The summed E-state index contributed by atoms with van der Waals surface area (Å²) in [6.45, 7) is -2.79. The number of carbonyl (C=O) groups excluding carboxylic acids is 1. The van der Waals surface area contributed by atoms with Crippen molar-refractivity contribution in [2.24, 2.45) is 0 Å². The number of alkyl halides is 5. The monoisotopic (exact) mass is 390 g/mol. The average molecular weight is 390 g/mol. The third-order valence-electron chi connectivity index (χ3n) is 3.23. The maximum atomic E-state index is 12.2. The van der Waals surface area contributed by atoms with Gasteiger partial charge in [-0.3, -0.25) is 0 Å². The smallest absolute Gasteiger partial charge is 0.435 e. The van der Waals surface area contributed by atoms with Crippen LogP contribution in [0.4, 0.5) is 32.4 Å². The van der Waals surface area contributed by atoms with Gasteiger partial charge in [-0.15, -0.1) is 13.2 Å². The standard InChI is InChI=1S/C17H15F5N2O3/c1-24(10-11-5-7-13(8-6-11)26-15(18)19)16(25)23-12-3-2-4-14(9-12)27-17(20,21)22/h2-9,15H,10H2,1H3,(H,23,25). The fourth-order valence-electron chi connectivity index (χ4n) is 2.11. The molecule has 10 heteroatoms. The Balaban J connectivity index is 1.94. The number of hydrogen-bond acceptors (Lipinski definition) is 3. The first kappa shape index (κ1) is 20.3. The van der Waals surface area contributed by atoms with Gasteiger partial charge in [-0.05, 0) is 29.8 Å². The number of nitrogens with one attached hydrogen (secondary N) is 1. The van der Waals surface area contributed by atoms with Crippen LogP contribution in [0.1, 0.15) is 5.56 Å². The van der Waals surface area contributed by atoms with E-state index in [1.165, 1.54) is 48.3 Å². The van der Waals surface area contributed by atoms with Crippen LogP contribution in [0, 0.1) is 0 Å². The highest BCUT2D eigenvalue weighted by Crippen LogP contribution is 2.25. The minimum Gasteiger partial charge on any atom is -0.435 e. The summed E-state index contributed by atoms with van der Waals surface area (Å²) >= 11 is 0. The molecule has 2 amide bonds. The van der Waals surface area contributed by atoms with E-state index in [9.17, 15) is 26.7 Å². The second-order valence-corrected chi connectivity index (χ2v) is 5.38. The number of nitrogens with zero attached hydrogens (tertiary/aromatic N) is 1. The molecule has 0 atom stereocenters. The Morgan fingerprint density at radius 2 is 1.78 bits per heavy atom. The van der Waals surface area contributed by atoms with Crippen molar-refractivity contribution in [3.63, 3.8) is 0 Å². The fourth-order valence-corrected chi connectivity index (χ4v) is 2.11. The summed E-state index contributed by atoms with van der Waals surface area (Å²) in [6, 6.07) is 9.98. The van der Waals surface area contributed by atoms with E-state index in [4.69, 9.17) is 0 Å². The Morgan fingerprint density at radius 3 is 2.37 bits per heavy atom. The number of urea groups is 1. The van der Waals surface area contributed by atoms with Gasteiger partial charge >= 0.3 is 19.0 Å². The van der Waals surface area contributed by atoms with Gasteiger partial charge in [0.05, 0.1) is 0 Å². The lowest BCUT2D eigenvalue weighted by Gasteiger charge is -2.19. The number of benzene rings is 2. The molecule has 0 radical (unpaired) electrons. The van der Waals surface area contributed by atoms with Gasteiger partial charge in [0.1, 0.15) is 11.5 Å². The minimum absolute atomic E-state index is 0.0117. The first-order chi connectivity index (χ1) is 12.6. The quantitative estimate of drug-likeness (QED) is 0.718. The van der Waals surface area contributed by atoms with Gasteiger partial charge in [-0.2, -0.15) is 8.78 Å². The summed E-state index contributed by atoms with van der Waals surface area (Å²) in [4.78, 5) is 13.4. The molecule has 0 bridgehead atoms. The van der Waals surface area contributed by atoms with Crippen molar-refractivity contribution in [3.8, 4) is 11.5 Å².